The highest BCUT2D eigenvalue weighted by Gasteiger charge is 2.57. The Morgan fingerprint density at radius 2 is 1.80 bits per heavy atom. The molecule has 2 aliphatic rings. The number of nitrogens with zero attached hydrogens (tertiary/aromatic N) is 2. The zero-order valence-corrected chi connectivity index (χ0v) is 23.5. The summed E-state index contributed by atoms with van der Waals surface area (Å²) in [6, 6.07) is 18.6. The number of benzene rings is 3. The minimum absolute atomic E-state index is 0.184. The van der Waals surface area contributed by atoms with Gasteiger partial charge in [-0.3, -0.25) is 24.5 Å². The minimum atomic E-state index is -0.920. The molecule has 1 saturated heterocycles. The lowest BCUT2D eigenvalue weighted by atomic mass is 9.82. The Morgan fingerprint density at radius 1 is 1.02 bits per heavy atom. The molecular formula is C29H23N3O7S2. The third-order valence-electron chi connectivity index (χ3n) is 7.17. The van der Waals surface area contributed by atoms with Gasteiger partial charge in [0.05, 0.1) is 28.7 Å². The van der Waals surface area contributed by atoms with E-state index in [0.29, 0.717) is 32.7 Å². The van der Waals surface area contributed by atoms with Crippen LogP contribution in [0.15, 0.2) is 76.6 Å². The van der Waals surface area contributed by atoms with Gasteiger partial charge in [0, 0.05) is 28.5 Å². The molecule has 208 valence electrons. The lowest BCUT2D eigenvalue weighted by Gasteiger charge is -2.30. The number of thioether (sulfide) groups is 1. The summed E-state index contributed by atoms with van der Waals surface area (Å²) in [4.78, 5) is 55.7. The number of carbonyl (C=O) groups is 2. The van der Waals surface area contributed by atoms with Crippen molar-refractivity contribution < 1.29 is 24.0 Å². The first kappa shape index (κ1) is 26.8. The Labute approximate surface area is 242 Å². The van der Waals surface area contributed by atoms with Crippen molar-refractivity contribution in [3.63, 3.8) is 0 Å². The van der Waals surface area contributed by atoms with Gasteiger partial charge in [0.15, 0.2) is 0 Å². The molecular weight excluding hydrogens is 566 g/mol. The SMILES string of the molecule is COc1ccc(N2C(=O)C3Sc4[nH]c(=O)sc4[C@H](c4cc([N+](=O)[O-])ccc4OCc4cccc(C)c4)C3C2=O)cc1. The molecule has 0 spiro atoms. The molecule has 2 aliphatic heterocycles. The summed E-state index contributed by atoms with van der Waals surface area (Å²) in [5.41, 5.74) is 2.53. The minimum Gasteiger partial charge on any atom is -0.497 e. The molecule has 3 atom stereocenters. The van der Waals surface area contributed by atoms with E-state index in [-0.39, 0.29) is 17.2 Å². The number of aromatic nitrogens is 1. The molecule has 10 nitrogen and oxygen atoms in total. The normalized spacial score (nSPS) is 19.6. The van der Waals surface area contributed by atoms with Gasteiger partial charge in [-0.1, -0.05) is 52.9 Å². The highest BCUT2D eigenvalue weighted by molar-refractivity contribution is 8.00. The number of aromatic amines is 1. The fourth-order valence-corrected chi connectivity index (χ4v) is 7.83. The number of H-pyrrole nitrogens is 1. The van der Waals surface area contributed by atoms with Gasteiger partial charge in [0.2, 0.25) is 11.8 Å². The maximum atomic E-state index is 14.1. The number of aryl methyl sites for hydroxylation is 1. The van der Waals surface area contributed by atoms with E-state index in [9.17, 15) is 24.5 Å². The van der Waals surface area contributed by atoms with Crippen LogP contribution < -0.4 is 19.2 Å². The van der Waals surface area contributed by atoms with Crippen molar-refractivity contribution in [2.75, 3.05) is 12.0 Å². The molecule has 41 heavy (non-hydrogen) atoms. The van der Waals surface area contributed by atoms with E-state index in [1.165, 1.54) is 25.3 Å². The van der Waals surface area contributed by atoms with Crippen LogP contribution in [-0.2, 0) is 16.2 Å². The number of nitrogens with one attached hydrogen (secondary N) is 1. The van der Waals surface area contributed by atoms with Crippen LogP contribution in [-0.4, -0.2) is 34.1 Å². The summed E-state index contributed by atoms with van der Waals surface area (Å²) in [5, 5.41) is 11.4. The fourth-order valence-electron chi connectivity index (χ4n) is 5.32. The number of hydrogen-bond acceptors (Lipinski definition) is 9. The van der Waals surface area contributed by atoms with Crippen LogP contribution in [0.2, 0.25) is 0 Å². The van der Waals surface area contributed by atoms with Crippen LogP contribution in [0.25, 0.3) is 0 Å². The van der Waals surface area contributed by atoms with Gasteiger partial charge < -0.3 is 14.5 Å². The number of carbonyl (C=O) groups excluding carboxylic acids is 2. The van der Waals surface area contributed by atoms with Gasteiger partial charge >= 0.3 is 4.87 Å². The molecule has 4 aromatic rings. The number of hydrogen-bond donors (Lipinski definition) is 1. The maximum Gasteiger partial charge on any atom is 0.305 e. The van der Waals surface area contributed by atoms with Crippen molar-refractivity contribution in [1.82, 2.24) is 4.98 Å². The second-order valence-corrected chi connectivity index (χ2v) is 11.9. The summed E-state index contributed by atoms with van der Waals surface area (Å²) >= 11 is 2.07. The quantitative estimate of drug-likeness (QED) is 0.180. The molecule has 0 saturated carbocycles. The zero-order valence-electron chi connectivity index (χ0n) is 21.9. The standard InChI is InChI=1S/C29H23N3O7S2/c1-15-4-3-5-16(12-15)14-39-21-11-8-18(32(36)37)13-20(21)22-23-25(40-26-24(22)41-29(35)30-26)28(34)31(27(23)33)17-6-9-19(38-2)10-7-17/h3-13,22-23,25H,14H2,1-2H3,(H,30,35)/t22-,23?,25?/m1/s1. The van der Waals surface area contributed by atoms with Crippen molar-refractivity contribution in [2.24, 2.45) is 5.92 Å². The average Bonchev–Trinajstić information content (AvgIpc) is 3.46. The molecule has 2 amide bonds. The van der Waals surface area contributed by atoms with Crippen molar-refractivity contribution in [1.29, 1.82) is 0 Å². The second kappa shape index (κ2) is 10.5. The van der Waals surface area contributed by atoms with Crippen LogP contribution in [0.3, 0.4) is 0 Å². The molecule has 2 unspecified atom stereocenters. The first-order valence-corrected chi connectivity index (χ1v) is 14.3. The largest absolute Gasteiger partial charge is 0.497 e. The smallest absolute Gasteiger partial charge is 0.305 e. The Morgan fingerprint density at radius 3 is 2.51 bits per heavy atom. The highest BCUT2D eigenvalue weighted by atomic mass is 32.2. The number of nitro groups is 1. The fraction of sp³-hybridized carbons (Fsp3) is 0.207. The van der Waals surface area contributed by atoms with E-state index in [2.05, 4.69) is 4.98 Å². The van der Waals surface area contributed by atoms with E-state index >= 15 is 0 Å². The number of methoxy groups -OCH3 is 1. The summed E-state index contributed by atoms with van der Waals surface area (Å²) < 4.78 is 11.4. The monoisotopic (exact) mass is 589 g/mol. The number of rotatable bonds is 7. The third-order valence-corrected chi connectivity index (χ3v) is 9.57. The first-order chi connectivity index (χ1) is 19.7. The van der Waals surface area contributed by atoms with Gasteiger partial charge in [-0.25, -0.2) is 4.90 Å². The lowest BCUT2D eigenvalue weighted by molar-refractivity contribution is -0.385. The van der Waals surface area contributed by atoms with Crippen LogP contribution in [0, 0.1) is 23.0 Å². The third kappa shape index (κ3) is 4.78. The number of non-ortho nitro benzene ring substituents is 1. The number of imide groups is 1. The summed E-state index contributed by atoms with van der Waals surface area (Å²) in [7, 11) is 1.52. The summed E-state index contributed by atoms with van der Waals surface area (Å²) in [6.07, 6.45) is 0. The number of anilines is 1. The van der Waals surface area contributed by atoms with Crippen LogP contribution >= 0.6 is 23.1 Å². The molecule has 0 radical (unpaired) electrons. The van der Waals surface area contributed by atoms with Crippen LogP contribution in [0.4, 0.5) is 11.4 Å². The van der Waals surface area contributed by atoms with Gasteiger partial charge in [0.25, 0.3) is 5.69 Å². The van der Waals surface area contributed by atoms with Crippen molar-refractivity contribution in [2.45, 2.75) is 29.7 Å². The topological polar surface area (TPSA) is 132 Å². The van der Waals surface area contributed by atoms with Crippen LogP contribution in [0.5, 0.6) is 11.5 Å². The van der Waals surface area contributed by atoms with Gasteiger partial charge in [-0.2, -0.15) is 0 Å². The van der Waals surface area contributed by atoms with E-state index in [1.54, 1.807) is 24.3 Å². The predicted octanol–water partition coefficient (Wildman–Crippen LogP) is 5.04. The van der Waals surface area contributed by atoms with Gasteiger partial charge in [-0.05, 0) is 42.8 Å². The molecule has 3 heterocycles. The number of ether oxygens (including phenoxy) is 2. The molecule has 0 aliphatic carbocycles. The molecule has 6 rings (SSSR count). The molecule has 1 N–H and O–H groups in total. The summed E-state index contributed by atoms with van der Waals surface area (Å²) in [6.45, 7) is 2.15. The second-order valence-electron chi connectivity index (χ2n) is 9.72. The Kier molecular flexibility index (Phi) is 6.88. The van der Waals surface area contributed by atoms with E-state index in [1.807, 2.05) is 31.2 Å². The molecule has 3 aromatic carbocycles. The molecule has 1 fully saturated rings. The van der Waals surface area contributed by atoms with Crippen molar-refractivity contribution in [3.05, 3.63) is 108 Å². The average molecular weight is 590 g/mol. The highest BCUT2D eigenvalue weighted by Crippen LogP contribution is 2.55. The number of fused-ring (bicyclic) bond motifs is 2. The molecule has 12 heteroatoms. The Hall–Kier alpha value is -4.42. The predicted molar refractivity (Wildman–Crippen MR) is 154 cm³/mol. The first-order valence-electron chi connectivity index (χ1n) is 12.6. The van der Waals surface area contributed by atoms with E-state index < -0.39 is 33.8 Å². The number of amides is 2. The maximum absolute atomic E-state index is 14.1. The molecule has 1 aromatic heterocycles. The zero-order chi connectivity index (χ0) is 28.8. The van der Waals surface area contributed by atoms with Gasteiger partial charge in [0.1, 0.15) is 23.4 Å². The summed E-state index contributed by atoms with van der Waals surface area (Å²) in [5.74, 6) is -1.72. The van der Waals surface area contributed by atoms with E-state index in [4.69, 9.17) is 9.47 Å². The lowest BCUT2D eigenvalue weighted by Crippen LogP contribution is -2.32. The Balaban J connectivity index is 1.47. The number of nitro benzene ring substituents is 1. The van der Waals surface area contributed by atoms with Crippen molar-refractivity contribution in [3.8, 4) is 11.5 Å². The van der Waals surface area contributed by atoms with Gasteiger partial charge in [-0.15, -0.1) is 0 Å². The van der Waals surface area contributed by atoms with Crippen LogP contribution in [0.1, 0.15) is 27.5 Å². The van der Waals surface area contributed by atoms with E-state index in [0.717, 1.165) is 39.1 Å². The molecule has 0 bridgehead atoms. The Bertz CT molecular complexity index is 1750. The number of thiazole rings is 1. The van der Waals surface area contributed by atoms with Crippen molar-refractivity contribution >= 4 is 46.3 Å².